The third kappa shape index (κ3) is 3.37. The zero-order valence-electron chi connectivity index (χ0n) is 17.0. The van der Waals surface area contributed by atoms with Crippen LogP contribution in [-0.2, 0) is 7.05 Å². The van der Waals surface area contributed by atoms with Crippen molar-refractivity contribution >= 4 is 23.2 Å². The number of aromatic nitrogens is 2. The highest BCUT2D eigenvalue weighted by atomic mass is 35.5. The van der Waals surface area contributed by atoms with Crippen molar-refractivity contribution in [3.63, 3.8) is 0 Å². The molecule has 2 aromatic carbocycles. The van der Waals surface area contributed by atoms with Crippen LogP contribution in [0.4, 0.5) is 5.69 Å². The minimum Gasteiger partial charge on any atom is -0.383 e. The fourth-order valence-corrected chi connectivity index (χ4v) is 5.11. The number of carbonyl (C=O) groups excluding carboxylic acids is 1. The molecule has 2 saturated heterocycles. The van der Waals surface area contributed by atoms with Gasteiger partial charge in [-0.1, -0.05) is 41.9 Å². The first-order valence-electron chi connectivity index (χ1n) is 10.4. The third-order valence-electron chi connectivity index (χ3n) is 6.50. The standard InChI is InChI=1S/C24H25ClN4O/c1-28-15-21(18-5-3-2-4-6-18)22(27-28)23(30)29-12-11-17-13-24(29,14-17)16-26-20-9-7-19(25)8-10-20/h2-10,15,17,26H,11-14,16H2,1H3. The average Bonchev–Trinajstić information content (AvgIpc) is 3.14. The van der Waals surface area contributed by atoms with Gasteiger partial charge in [-0.3, -0.25) is 9.48 Å². The van der Waals surface area contributed by atoms with E-state index in [-0.39, 0.29) is 11.4 Å². The molecule has 3 heterocycles. The Morgan fingerprint density at radius 2 is 1.90 bits per heavy atom. The number of nitrogens with zero attached hydrogens (tertiary/aromatic N) is 3. The van der Waals surface area contributed by atoms with E-state index in [9.17, 15) is 4.79 Å². The Balaban J connectivity index is 1.41. The molecule has 1 aliphatic carbocycles. The molecule has 2 bridgehead atoms. The number of halogens is 1. The predicted octanol–water partition coefficient (Wildman–Crippen LogP) is 4.85. The number of piperidine rings is 2. The molecule has 2 aliphatic heterocycles. The number of rotatable bonds is 5. The van der Waals surface area contributed by atoms with E-state index >= 15 is 0 Å². The zero-order valence-corrected chi connectivity index (χ0v) is 17.8. The van der Waals surface area contributed by atoms with E-state index in [1.807, 2.05) is 67.8 Å². The monoisotopic (exact) mass is 420 g/mol. The van der Waals surface area contributed by atoms with E-state index in [0.717, 1.165) is 60.1 Å². The van der Waals surface area contributed by atoms with Crippen molar-refractivity contribution in [3.8, 4) is 11.1 Å². The van der Waals surface area contributed by atoms with Crippen LogP contribution < -0.4 is 5.32 Å². The van der Waals surface area contributed by atoms with Crippen LogP contribution in [0, 0.1) is 5.92 Å². The summed E-state index contributed by atoms with van der Waals surface area (Å²) in [5.74, 6) is 0.754. The van der Waals surface area contributed by atoms with Crippen molar-refractivity contribution in [3.05, 3.63) is 71.5 Å². The van der Waals surface area contributed by atoms with Gasteiger partial charge in [0.1, 0.15) is 0 Å². The molecule has 30 heavy (non-hydrogen) atoms. The summed E-state index contributed by atoms with van der Waals surface area (Å²) in [6.45, 7) is 1.53. The lowest BCUT2D eigenvalue weighted by Gasteiger charge is -2.59. The lowest BCUT2D eigenvalue weighted by atomic mass is 9.62. The van der Waals surface area contributed by atoms with E-state index in [1.165, 1.54) is 0 Å². The van der Waals surface area contributed by atoms with Gasteiger partial charge in [0.05, 0.1) is 5.54 Å². The topological polar surface area (TPSA) is 50.2 Å². The van der Waals surface area contributed by atoms with Crippen LogP contribution in [0.3, 0.4) is 0 Å². The van der Waals surface area contributed by atoms with Crippen LogP contribution in [0.5, 0.6) is 0 Å². The van der Waals surface area contributed by atoms with E-state index in [1.54, 1.807) is 4.68 Å². The van der Waals surface area contributed by atoms with Gasteiger partial charge in [-0.05, 0) is 55.0 Å². The lowest BCUT2D eigenvalue weighted by Crippen LogP contribution is -2.67. The number of benzene rings is 2. The maximum atomic E-state index is 13.7. The lowest BCUT2D eigenvalue weighted by molar-refractivity contribution is -0.0489. The molecule has 3 aliphatic rings. The van der Waals surface area contributed by atoms with Gasteiger partial charge in [0.2, 0.25) is 0 Å². The molecule has 1 aromatic heterocycles. The highest BCUT2D eigenvalue weighted by Gasteiger charge is 2.54. The molecule has 5 nitrogen and oxygen atoms in total. The largest absolute Gasteiger partial charge is 0.383 e. The molecule has 1 saturated carbocycles. The van der Waals surface area contributed by atoms with Crippen LogP contribution in [0.1, 0.15) is 29.8 Å². The summed E-state index contributed by atoms with van der Waals surface area (Å²) >= 11 is 6.01. The summed E-state index contributed by atoms with van der Waals surface area (Å²) in [5, 5.41) is 8.82. The van der Waals surface area contributed by atoms with Crippen molar-refractivity contribution in [1.82, 2.24) is 14.7 Å². The number of carbonyl (C=O) groups is 1. The summed E-state index contributed by atoms with van der Waals surface area (Å²) in [5.41, 5.74) is 3.33. The van der Waals surface area contributed by atoms with Crippen LogP contribution in [-0.4, -0.2) is 39.2 Å². The number of amides is 1. The Morgan fingerprint density at radius 1 is 1.17 bits per heavy atom. The van der Waals surface area contributed by atoms with Crippen molar-refractivity contribution in [2.45, 2.75) is 24.8 Å². The maximum absolute atomic E-state index is 13.7. The second kappa shape index (κ2) is 7.47. The summed E-state index contributed by atoms with van der Waals surface area (Å²) in [4.78, 5) is 15.8. The van der Waals surface area contributed by atoms with Crippen LogP contribution in [0.15, 0.2) is 60.8 Å². The molecule has 1 N–H and O–H groups in total. The number of aryl methyl sites for hydroxylation is 1. The molecule has 0 unspecified atom stereocenters. The maximum Gasteiger partial charge on any atom is 0.275 e. The molecule has 0 atom stereocenters. The van der Waals surface area contributed by atoms with Crippen molar-refractivity contribution in [1.29, 1.82) is 0 Å². The van der Waals surface area contributed by atoms with E-state index in [0.29, 0.717) is 5.69 Å². The fraction of sp³-hybridized carbons (Fsp3) is 0.333. The van der Waals surface area contributed by atoms with Gasteiger partial charge >= 0.3 is 0 Å². The number of anilines is 1. The quantitative estimate of drug-likeness (QED) is 0.642. The van der Waals surface area contributed by atoms with Gasteiger partial charge in [-0.25, -0.2) is 0 Å². The SMILES string of the molecule is Cn1cc(-c2ccccc2)c(C(=O)N2CCC3CC2(CNc2ccc(Cl)cc2)C3)n1. The first-order valence-corrected chi connectivity index (χ1v) is 10.8. The molecule has 0 spiro atoms. The molecular formula is C24H25ClN4O. The van der Waals surface area contributed by atoms with Crippen LogP contribution in [0.2, 0.25) is 5.02 Å². The van der Waals surface area contributed by atoms with Crippen molar-refractivity contribution in [2.75, 3.05) is 18.4 Å². The van der Waals surface area contributed by atoms with Gasteiger partial charge in [0.25, 0.3) is 5.91 Å². The predicted molar refractivity (Wildman–Crippen MR) is 120 cm³/mol. The molecule has 3 fully saturated rings. The van der Waals surface area contributed by atoms with Crippen LogP contribution >= 0.6 is 11.6 Å². The molecule has 3 aromatic rings. The number of hydrogen-bond donors (Lipinski definition) is 1. The normalized spacial score (nSPS) is 22.5. The van der Waals surface area contributed by atoms with Gasteiger partial charge in [0.15, 0.2) is 5.69 Å². The molecule has 154 valence electrons. The number of hydrogen-bond acceptors (Lipinski definition) is 3. The fourth-order valence-electron chi connectivity index (χ4n) is 4.98. The Morgan fingerprint density at radius 3 is 2.63 bits per heavy atom. The minimum atomic E-state index is -0.148. The second-order valence-electron chi connectivity index (χ2n) is 8.54. The van der Waals surface area contributed by atoms with E-state index in [2.05, 4.69) is 15.3 Å². The average molecular weight is 421 g/mol. The van der Waals surface area contributed by atoms with E-state index < -0.39 is 0 Å². The highest BCUT2D eigenvalue weighted by molar-refractivity contribution is 6.30. The molecule has 6 heteroatoms. The summed E-state index contributed by atoms with van der Waals surface area (Å²) < 4.78 is 1.74. The number of fused-ring (bicyclic) bond motifs is 2. The smallest absolute Gasteiger partial charge is 0.275 e. The second-order valence-corrected chi connectivity index (χ2v) is 8.97. The zero-order chi connectivity index (χ0) is 20.7. The van der Waals surface area contributed by atoms with Crippen molar-refractivity contribution in [2.24, 2.45) is 13.0 Å². The van der Waals surface area contributed by atoms with Crippen molar-refractivity contribution < 1.29 is 4.79 Å². The summed E-state index contributed by atoms with van der Waals surface area (Å²) in [6, 6.07) is 17.8. The Labute approximate surface area is 181 Å². The van der Waals surface area contributed by atoms with E-state index in [4.69, 9.17) is 11.6 Å². The minimum absolute atomic E-state index is 0.0329. The van der Waals surface area contributed by atoms with Gasteiger partial charge in [0, 0.05) is 42.6 Å². The van der Waals surface area contributed by atoms with Gasteiger partial charge in [-0.15, -0.1) is 0 Å². The first-order chi connectivity index (χ1) is 14.5. The number of nitrogens with one attached hydrogen (secondary N) is 1. The summed E-state index contributed by atoms with van der Waals surface area (Å²) in [6.07, 6.45) is 5.11. The van der Waals surface area contributed by atoms with Gasteiger partial charge < -0.3 is 10.2 Å². The highest BCUT2D eigenvalue weighted by Crippen LogP contribution is 2.49. The first kappa shape index (κ1) is 19.2. The molecule has 6 rings (SSSR count). The molecule has 0 radical (unpaired) electrons. The molecular weight excluding hydrogens is 396 g/mol. The molecule has 1 amide bonds. The summed E-state index contributed by atoms with van der Waals surface area (Å²) in [7, 11) is 1.87. The van der Waals surface area contributed by atoms with Gasteiger partial charge in [-0.2, -0.15) is 5.10 Å². The van der Waals surface area contributed by atoms with Crippen LogP contribution in [0.25, 0.3) is 11.1 Å². The Hall–Kier alpha value is -2.79. The third-order valence-corrected chi connectivity index (χ3v) is 6.75. The Kier molecular flexibility index (Phi) is 4.78. The Bertz CT molecular complexity index is 1050.